The molecule has 1 aromatic rings. The van der Waals surface area contributed by atoms with Crippen LogP contribution in [-0.2, 0) is 5.88 Å². The third kappa shape index (κ3) is 3.34. The Bertz CT molecular complexity index is 412. The third-order valence-electron chi connectivity index (χ3n) is 2.63. The van der Waals surface area contributed by atoms with Gasteiger partial charge >= 0.3 is 0 Å². The van der Waals surface area contributed by atoms with Gasteiger partial charge in [-0.3, -0.25) is 0 Å². The Balaban J connectivity index is 3.09. The molecule has 17 heavy (non-hydrogen) atoms. The molecule has 0 heterocycles. The second-order valence-electron chi connectivity index (χ2n) is 4.07. The highest BCUT2D eigenvalue weighted by Gasteiger charge is 2.16. The maximum absolute atomic E-state index is 13.6. The van der Waals surface area contributed by atoms with Gasteiger partial charge in [0.25, 0.3) is 0 Å². The first-order valence-corrected chi connectivity index (χ1v) is 6.12. The number of benzene rings is 1. The van der Waals surface area contributed by atoms with E-state index >= 15 is 0 Å². The Kier molecular flexibility index (Phi) is 5.24. The predicted molar refractivity (Wildman–Crippen MR) is 68.7 cm³/mol. The van der Waals surface area contributed by atoms with Crippen molar-refractivity contribution in [3.8, 4) is 6.07 Å². The van der Waals surface area contributed by atoms with Crippen LogP contribution in [0.25, 0.3) is 0 Å². The first-order chi connectivity index (χ1) is 8.11. The molecule has 0 spiro atoms. The molecule has 1 aromatic carbocycles. The van der Waals surface area contributed by atoms with Crippen molar-refractivity contribution in [3.63, 3.8) is 0 Å². The van der Waals surface area contributed by atoms with Gasteiger partial charge in [0, 0.05) is 23.8 Å². The van der Waals surface area contributed by atoms with Crippen molar-refractivity contribution in [2.45, 2.75) is 32.2 Å². The SMILES string of the molecule is CC(C)N(CCC#N)c1cccc(F)c1CCl. The molecule has 0 aliphatic rings. The van der Waals surface area contributed by atoms with E-state index in [1.165, 1.54) is 6.07 Å². The number of hydrogen-bond acceptors (Lipinski definition) is 2. The van der Waals surface area contributed by atoms with Crippen molar-refractivity contribution in [2.24, 2.45) is 0 Å². The summed E-state index contributed by atoms with van der Waals surface area (Å²) in [6, 6.07) is 7.23. The predicted octanol–water partition coefficient (Wildman–Crippen LogP) is 3.69. The van der Waals surface area contributed by atoms with Crippen molar-refractivity contribution in [2.75, 3.05) is 11.4 Å². The average molecular weight is 255 g/mol. The second kappa shape index (κ2) is 6.46. The van der Waals surface area contributed by atoms with E-state index in [0.29, 0.717) is 18.5 Å². The van der Waals surface area contributed by atoms with Crippen molar-refractivity contribution < 1.29 is 4.39 Å². The fourth-order valence-corrected chi connectivity index (χ4v) is 2.04. The van der Waals surface area contributed by atoms with E-state index in [2.05, 4.69) is 6.07 Å². The summed E-state index contributed by atoms with van der Waals surface area (Å²) in [5, 5.41) is 8.65. The minimum absolute atomic E-state index is 0.137. The number of rotatable bonds is 5. The van der Waals surface area contributed by atoms with Crippen molar-refractivity contribution >= 4 is 17.3 Å². The van der Waals surface area contributed by atoms with Crippen LogP contribution in [0.1, 0.15) is 25.8 Å². The van der Waals surface area contributed by atoms with Crippen molar-refractivity contribution in [1.82, 2.24) is 0 Å². The molecular formula is C13H16ClFN2. The van der Waals surface area contributed by atoms with Crippen LogP contribution in [0.15, 0.2) is 18.2 Å². The zero-order valence-electron chi connectivity index (χ0n) is 10.1. The van der Waals surface area contributed by atoms with E-state index in [0.717, 1.165) is 5.69 Å². The van der Waals surface area contributed by atoms with Gasteiger partial charge in [-0.05, 0) is 26.0 Å². The summed E-state index contributed by atoms with van der Waals surface area (Å²) in [5.74, 6) is -0.155. The maximum Gasteiger partial charge on any atom is 0.129 e. The van der Waals surface area contributed by atoms with Gasteiger partial charge in [-0.2, -0.15) is 5.26 Å². The molecule has 1 rings (SSSR count). The molecule has 0 radical (unpaired) electrons. The van der Waals surface area contributed by atoms with Crippen LogP contribution in [0.5, 0.6) is 0 Å². The Morgan fingerprint density at radius 2 is 2.18 bits per heavy atom. The lowest BCUT2D eigenvalue weighted by Crippen LogP contribution is -2.32. The normalized spacial score (nSPS) is 10.4. The molecule has 0 atom stereocenters. The van der Waals surface area contributed by atoms with E-state index in [1.807, 2.05) is 24.8 Å². The highest BCUT2D eigenvalue weighted by molar-refractivity contribution is 6.17. The summed E-state index contributed by atoms with van der Waals surface area (Å²) in [4.78, 5) is 2.00. The molecule has 0 amide bonds. The first-order valence-electron chi connectivity index (χ1n) is 5.58. The number of hydrogen-bond donors (Lipinski definition) is 0. The van der Waals surface area contributed by atoms with Gasteiger partial charge in [-0.1, -0.05) is 6.07 Å². The molecule has 0 unspecified atom stereocenters. The Morgan fingerprint density at radius 1 is 1.47 bits per heavy atom. The number of anilines is 1. The van der Waals surface area contributed by atoms with Gasteiger partial charge in [0.15, 0.2) is 0 Å². The van der Waals surface area contributed by atoms with Gasteiger partial charge in [0.1, 0.15) is 5.82 Å². The number of alkyl halides is 1. The number of nitrogens with zero attached hydrogens (tertiary/aromatic N) is 2. The first kappa shape index (κ1) is 13.8. The molecule has 2 nitrogen and oxygen atoms in total. The molecule has 0 bridgehead atoms. The smallest absolute Gasteiger partial charge is 0.129 e. The molecule has 0 saturated heterocycles. The monoisotopic (exact) mass is 254 g/mol. The Hall–Kier alpha value is -1.27. The largest absolute Gasteiger partial charge is 0.368 e. The van der Waals surface area contributed by atoms with E-state index < -0.39 is 0 Å². The highest BCUT2D eigenvalue weighted by atomic mass is 35.5. The van der Waals surface area contributed by atoms with Gasteiger partial charge in [-0.25, -0.2) is 4.39 Å². The molecule has 0 fully saturated rings. The molecule has 0 N–H and O–H groups in total. The summed E-state index contributed by atoms with van der Waals surface area (Å²) in [6.07, 6.45) is 0.413. The van der Waals surface area contributed by atoms with Gasteiger partial charge in [-0.15, -0.1) is 11.6 Å². The van der Waals surface area contributed by atoms with Crippen molar-refractivity contribution in [1.29, 1.82) is 5.26 Å². The summed E-state index contributed by atoms with van der Waals surface area (Å²) < 4.78 is 13.6. The van der Waals surface area contributed by atoms with E-state index in [4.69, 9.17) is 16.9 Å². The molecule has 0 aromatic heterocycles. The lowest BCUT2D eigenvalue weighted by molar-refractivity contribution is 0.611. The van der Waals surface area contributed by atoms with Crippen molar-refractivity contribution in [3.05, 3.63) is 29.6 Å². The number of halogens is 2. The van der Waals surface area contributed by atoms with Crippen LogP contribution < -0.4 is 4.90 Å². The van der Waals surface area contributed by atoms with Crippen LogP contribution in [0, 0.1) is 17.1 Å². The second-order valence-corrected chi connectivity index (χ2v) is 4.33. The molecule has 0 saturated carbocycles. The maximum atomic E-state index is 13.6. The highest BCUT2D eigenvalue weighted by Crippen LogP contribution is 2.26. The molecule has 92 valence electrons. The quantitative estimate of drug-likeness (QED) is 0.750. The Labute approximate surface area is 107 Å². The fourth-order valence-electron chi connectivity index (χ4n) is 1.78. The lowest BCUT2D eigenvalue weighted by Gasteiger charge is -2.30. The summed E-state index contributed by atoms with van der Waals surface area (Å²) in [5.41, 5.74) is 1.28. The van der Waals surface area contributed by atoms with E-state index in [1.54, 1.807) is 6.07 Å². The Morgan fingerprint density at radius 3 is 2.71 bits per heavy atom. The number of nitriles is 1. The zero-order chi connectivity index (χ0) is 12.8. The lowest BCUT2D eigenvalue weighted by atomic mass is 10.1. The van der Waals surface area contributed by atoms with Crippen LogP contribution in [-0.4, -0.2) is 12.6 Å². The standard InChI is InChI=1S/C13H16ClFN2/c1-10(2)17(8-4-7-16)13-6-3-5-12(15)11(13)9-14/h3,5-6,10H,4,8-9H2,1-2H3. The minimum Gasteiger partial charge on any atom is -0.368 e. The molecule has 4 heteroatoms. The summed E-state index contributed by atoms with van der Waals surface area (Å²) in [7, 11) is 0. The van der Waals surface area contributed by atoms with Crippen LogP contribution in [0.4, 0.5) is 10.1 Å². The molecule has 0 aliphatic heterocycles. The van der Waals surface area contributed by atoms with Gasteiger partial charge in [0.2, 0.25) is 0 Å². The average Bonchev–Trinajstić information content (AvgIpc) is 2.29. The van der Waals surface area contributed by atoms with Crippen LogP contribution in [0.2, 0.25) is 0 Å². The zero-order valence-corrected chi connectivity index (χ0v) is 10.8. The van der Waals surface area contributed by atoms with E-state index in [9.17, 15) is 4.39 Å². The van der Waals surface area contributed by atoms with Crippen LogP contribution in [0.3, 0.4) is 0 Å². The fraction of sp³-hybridized carbons (Fsp3) is 0.462. The third-order valence-corrected chi connectivity index (χ3v) is 2.89. The molecular weight excluding hydrogens is 239 g/mol. The molecule has 0 aliphatic carbocycles. The topological polar surface area (TPSA) is 27.0 Å². The van der Waals surface area contributed by atoms with Crippen LogP contribution >= 0.6 is 11.6 Å². The van der Waals surface area contributed by atoms with Gasteiger partial charge in [0.05, 0.1) is 18.4 Å². The minimum atomic E-state index is -0.292. The summed E-state index contributed by atoms with van der Waals surface area (Å²) >= 11 is 5.79. The van der Waals surface area contributed by atoms with E-state index in [-0.39, 0.29) is 17.7 Å². The van der Waals surface area contributed by atoms with Gasteiger partial charge < -0.3 is 4.90 Å². The summed E-state index contributed by atoms with van der Waals surface area (Å²) in [6.45, 7) is 4.61.